The molecule has 0 amide bonds. The van der Waals surface area contributed by atoms with Gasteiger partial charge >= 0.3 is 5.97 Å². The fraction of sp³-hybridized carbons (Fsp3) is 0.750. The summed E-state index contributed by atoms with van der Waals surface area (Å²) in [6.45, 7) is 6.41. The van der Waals surface area contributed by atoms with E-state index in [0.717, 1.165) is 12.8 Å². The molecule has 0 saturated heterocycles. The van der Waals surface area contributed by atoms with Crippen LogP contribution >= 0.6 is 11.6 Å². The van der Waals surface area contributed by atoms with E-state index in [1.165, 1.54) is 12.0 Å². The summed E-state index contributed by atoms with van der Waals surface area (Å²) >= 11 is 5.40. The van der Waals surface area contributed by atoms with E-state index in [2.05, 4.69) is 19.9 Å². The van der Waals surface area contributed by atoms with Crippen LogP contribution in [-0.4, -0.2) is 18.0 Å². The second kappa shape index (κ2) is 5.02. The quantitative estimate of drug-likeness (QED) is 0.423. The Labute approximate surface area is 96.6 Å². The van der Waals surface area contributed by atoms with E-state index in [0.29, 0.717) is 5.41 Å². The average molecular weight is 231 g/mol. The van der Waals surface area contributed by atoms with Gasteiger partial charge in [-0.3, -0.25) is 4.79 Å². The highest BCUT2D eigenvalue weighted by Crippen LogP contribution is 2.36. The van der Waals surface area contributed by atoms with Crippen LogP contribution in [0.2, 0.25) is 0 Å². The van der Waals surface area contributed by atoms with Crippen LogP contribution in [0.5, 0.6) is 0 Å². The Hall–Kier alpha value is -0.500. The van der Waals surface area contributed by atoms with Crippen LogP contribution in [0.3, 0.4) is 0 Å². The van der Waals surface area contributed by atoms with Gasteiger partial charge in [-0.05, 0) is 37.2 Å². The molecule has 0 bridgehead atoms. The van der Waals surface area contributed by atoms with Crippen molar-refractivity contribution in [1.82, 2.24) is 0 Å². The van der Waals surface area contributed by atoms with E-state index in [-0.39, 0.29) is 18.0 Å². The summed E-state index contributed by atoms with van der Waals surface area (Å²) in [4.78, 5) is 11.0. The maximum absolute atomic E-state index is 11.0. The molecule has 0 saturated carbocycles. The Balaban J connectivity index is 2.56. The summed E-state index contributed by atoms with van der Waals surface area (Å²) in [6.07, 6.45) is 5.34. The van der Waals surface area contributed by atoms with Gasteiger partial charge in [0.2, 0.25) is 0 Å². The van der Waals surface area contributed by atoms with Crippen LogP contribution in [0.4, 0.5) is 0 Å². The topological polar surface area (TPSA) is 26.3 Å². The third-order valence-corrected chi connectivity index (χ3v) is 3.07. The Kier molecular flexibility index (Phi) is 4.21. The lowest BCUT2D eigenvalue weighted by atomic mass is 9.76. The van der Waals surface area contributed by atoms with Gasteiger partial charge in [0.05, 0.1) is 0 Å². The molecule has 2 nitrogen and oxygen atoms in total. The van der Waals surface area contributed by atoms with Gasteiger partial charge in [-0.2, -0.15) is 0 Å². The van der Waals surface area contributed by atoms with Gasteiger partial charge in [-0.15, -0.1) is 11.6 Å². The molecule has 1 aliphatic rings. The SMILES string of the molecule is CC(OC(=O)CCl)C1=CCCC(C)(C)C1. The molecular formula is C12H19ClO2. The summed E-state index contributed by atoms with van der Waals surface area (Å²) in [6, 6.07) is 0. The van der Waals surface area contributed by atoms with Crippen molar-refractivity contribution >= 4 is 17.6 Å². The van der Waals surface area contributed by atoms with Crippen LogP contribution < -0.4 is 0 Å². The fourth-order valence-electron chi connectivity index (χ4n) is 1.98. The predicted octanol–water partition coefficient (Wildman–Crippen LogP) is 3.29. The Morgan fingerprint density at radius 3 is 2.87 bits per heavy atom. The molecule has 1 atom stereocenters. The number of ether oxygens (including phenoxy) is 1. The first-order chi connectivity index (χ1) is 6.94. The average Bonchev–Trinajstić information content (AvgIpc) is 2.16. The zero-order valence-electron chi connectivity index (χ0n) is 9.68. The summed E-state index contributed by atoms with van der Waals surface area (Å²) in [7, 11) is 0. The lowest BCUT2D eigenvalue weighted by Gasteiger charge is -2.31. The van der Waals surface area contributed by atoms with Gasteiger partial charge in [0.15, 0.2) is 0 Å². The molecule has 0 aromatic carbocycles. The lowest BCUT2D eigenvalue weighted by molar-refractivity contribution is -0.143. The number of carbonyl (C=O) groups is 1. The number of alkyl halides is 1. The summed E-state index contributed by atoms with van der Waals surface area (Å²) in [5.74, 6) is -0.408. The first-order valence-corrected chi connectivity index (χ1v) is 5.92. The third-order valence-electron chi connectivity index (χ3n) is 2.85. The number of esters is 1. The molecule has 0 aliphatic heterocycles. The minimum atomic E-state index is -0.339. The molecule has 0 heterocycles. The highest BCUT2D eigenvalue weighted by Gasteiger charge is 2.26. The largest absolute Gasteiger partial charge is 0.457 e. The molecule has 0 aromatic rings. The second-order valence-electron chi connectivity index (χ2n) is 4.92. The zero-order chi connectivity index (χ0) is 11.5. The fourth-order valence-corrected chi connectivity index (χ4v) is 2.04. The Morgan fingerprint density at radius 2 is 2.33 bits per heavy atom. The summed E-state index contributed by atoms with van der Waals surface area (Å²) in [5.41, 5.74) is 1.55. The summed E-state index contributed by atoms with van der Waals surface area (Å²) in [5, 5.41) is 0. The molecule has 0 spiro atoms. The predicted molar refractivity (Wildman–Crippen MR) is 62.0 cm³/mol. The lowest BCUT2D eigenvalue weighted by Crippen LogP contribution is -2.24. The van der Waals surface area contributed by atoms with Gasteiger partial charge in [0, 0.05) is 0 Å². The molecule has 3 heteroatoms. The maximum atomic E-state index is 11.0. The third kappa shape index (κ3) is 3.86. The minimum Gasteiger partial charge on any atom is -0.457 e. The van der Waals surface area contributed by atoms with Crippen molar-refractivity contribution in [2.45, 2.75) is 46.1 Å². The van der Waals surface area contributed by atoms with Gasteiger partial charge in [0.1, 0.15) is 12.0 Å². The summed E-state index contributed by atoms with van der Waals surface area (Å²) < 4.78 is 5.19. The van der Waals surface area contributed by atoms with E-state index in [1.807, 2.05) is 6.92 Å². The van der Waals surface area contributed by atoms with Gasteiger partial charge < -0.3 is 4.74 Å². The molecule has 0 radical (unpaired) electrons. The van der Waals surface area contributed by atoms with Crippen molar-refractivity contribution in [3.63, 3.8) is 0 Å². The Morgan fingerprint density at radius 1 is 1.67 bits per heavy atom. The van der Waals surface area contributed by atoms with Gasteiger partial charge in [-0.25, -0.2) is 0 Å². The van der Waals surface area contributed by atoms with E-state index in [1.54, 1.807) is 0 Å². The van der Waals surface area contributed by atoms with Crippen molar-refractivity contribution in [2.24, 2.45) is 5.41 Å². The highest BCUT2D eigenvalue weighted by molar-refractivity contribution is 6.26. The van der Waals surface area contributed by atoms with E-state index >= 15 is 0 Å². The van der Waals surface area contributed by atoms with Crippen LogP contribution in [0, 0.1) is 5.41 Å². The second-order valence-corrected chi connectivity index (χ2v) is 5.19. The van der Waals surface area contributed by atoms with Crippen molar-refractivity contribution in [3.8, 4) is 0 Å². The maximum Gasteiger partial charge on any atom is 0.321 e. The molecule has 15 heavy (non-hydrogen) atoms. The first kappa shape index (κ1) is 12.6. The number of halogens is 1. The molecule has 1 unspecified atom stereocenters. The molecular weight excluding hydrogens is 212 g/mol. The normalized spacial score (nSPS) is 21.7. The monoisotopic (exact) mass is 230 g/mol. The van der Waals surface area contributed by atoms with Crippen molar-refractivity contribution < 1.29 is 9.53 Å². The number of hydrogen-bond donors (Lipinski definition) is 0. The van der Waals surface area contributed by atoms with Crippen molar-refractivity contribution in [2.75, 3.05) is 5.88 Å². The zero-order valence-corrected chi connectivity index (χ0v) is 10.4. The minimum absolute atomic E-state index is 0.0684. The smallest absolute Gasteiger partial charge is 0.321 e. The van der Waals surface area contributed by atoms with E-state index < -0.39 is 0 Å². The molecule has 1 rings (SSSR count). The van der Waals surface area contributed by atoms with Crippen LogP contribution in [0.15, 0.2) is 11.6 Å². The van der Waals surface area contributed by atoms with Crippen molar-refractivity contribution in [3.05, 3.63) is 11.6 Å². The van der Waals surface area contributed by atoms with Crippen LogP contribution in [0.25, 0.3) is 0 Å². The van der Waals surface area contributed by atoms with Crippen molar-refractivity contribution in [1.29, 1.82) is 0 Å². The highest BCUT2D eigenvalue weighted by atomic mass is 35.5. The number of rotatable bonds is 3. The standard InChI is InChI=1S/C12H19ClO2/c1-9(15-11(14)8-13)10-5-4-6-12(2,3)7-10/h5,9H,4,6-8H2,1-3H3. The van der Waals surface area contributed by atoms with Crippen LogP contribution in [0.1, 0.15) is 40.0 Å². The van der Waals surface area contributed by atoms with Gasteiger partial charge in [0.25, 0.3) is 0 Å². The Bertz CT molecular complexity index is 269. The molecule has 0 aromatic heterocycles. The molecule has 0 N–H and O–H groups in total. The molecule has 0 fully saturated rings. The van der Waals surface area contributed by atoms with E-state index in [9.17, 15) is 4.79 Å². The molecule has 1 aliphatic carbocycles. The number of hydrogen-bond acceptors (Lipinski definition) is 2. The number of allylic oxidation sites excluding steroid dienone is 1. The first-order valence-electron chi connectivity index (χ1n) is 5.39. The van der Waals surface area contributed by atoms with Crippen LogP contribution in [-0.2, 0) is 9.53 Å². The molecule has 86 valence electrons. The van der Waals surface area contributed by atoms with Gasteiger partial charge in [-0.1, -0.05) is 19.9 Å². The van der Waals surface area contributed by atoms with E-state index in [4.69, 9.17) is 16.3 Å². The number of carbonyl (C=O) groups excluding carboxylic acids is 1.